The fourth-order valence-electron chi connectivity index (χ4n) is 2.20. The monoisotopic (exact) mass is 350 g/mol. The Bertz CT molecular complexity index is 628. The van der Waals surface area contributed by atoms with Crippen molar-refractivity contribution in [3.8, 4) is 0 Å². The molecule has 116 valence electrons. The number of anilines is 1. The third-order valence-electron chi connectivity index (χ3n) is 3.29. The van der Waals surface area contributed by atoms with E-state index in [1.807, 2.05) is 0 Å². The lowest BCUT2D eigenvalue weighted by Gasteiger charge is -2.26. The molecule has 0 unspecified atom stereocenters. The summed E-state index contributed by atoms with van der Waals surface area (Å²) in [5, 5.41) is 2.76. The Kier molecular flexibility index (Phi) is 5.48. The number of nitrogens with one attached hydrogen (secondary N) is 1. The third kappa shape index (κ3) is 3.88. The predicted octanol–water partition coefficient (Wildman–Crippen LogP) is 2.69. The number of hydrogen-bond donors (Lipinski definition) is 1. The Morgan fingerprint density at radius 3 is 2.52 bits per heavy atom. The number of rotatable bonds is 4. The summed E-state index contributed by atoms with van der Waals surface area (Å²) in [6.45, 7) is 1.04. The molecule has 0 radical (unpaired) electrons. The summed E-state index contributed by atoms with van der Waals surface area (Å²) in [5.74, 6) is -0.662. The lowest BCUT2D eigenvalue weighted by molar-refractivity contribution is -0.113. The highest BCUT2D eigenvalue weighted by Gasteiger charge is 2.26. The van der Waals surface area contributed by atoms with Gasteiger partial charge in [0.2, 0.25) is 15.9 Å². The van der Waals surface area contributed by atoms with E-state index in [1.165, 1.54) is 22.5 Å². The molecule has 5 nitrogen and oxygen atoms in total. The second kappa shape index (κ2) is 6.96. The number of hydrogen-bond acceptors (Lipinski definition) is 3. The van der Waals surface area contributed by atoms with Crippen molar-refractivity contribution in [3.63, 3.8) is 0 Å². The van der Waals surface area contributed by atoms with Gasteiger partial charge in [0, 0.05) is 13.1 Å². The zero-order valence-electron chi connectivity index (χ0n) is 11.3. The smallest absolute Gasteiger partial charge is 0.243 e. The number of amides is 1. The molecule has 0 aliphatic carbocycles. The quantitative estimate of drug-likeness (QED) is 0.849. The minimum atomic E-state index is -3.55. The van der Waals surface area contributed by atoms with E-state index in [9.17, 15) is 13.2 Å². The van der Waals surface area contributed by atoms with Crippen LogP contribution in [-0.2, 0) is 14.8 Å². The molecule has 1 aliphatic heterocycles. The minimum absolute atomic E-state index is 0.124. The van der Waals surface area contributed by atoms with Crippen LogP contribution in [0, 0.1) is 0 Å². The molecule has 2 rings (SSSR count). The number of nitrogens with zero attached hydrogens (tertiary/aromatic N) is 1. The number of piperidine rings is 1. The topological polar surface area (TPSA) is 66.5 Å². The summed E-state index contributed by atoms with van der Waals surface area (Å²) in [4.78, 5) is 11.5. The molecule has 1 amide bonds. The summed E-state index contributed by atoms with van der Waals surface area (Å²) in [7, 11) is -3.55. The first-order valence-corrected chi connectivity index (χ1v) is 8.96. The van der Waals surface area contributed by atoms with Crippen LogP contribution in [0.1, 0.15) is 19.3 Å². The Labute approximate surface area is 134 Å². The number of sulfonamides is 1. The standard InChI is InChI=1S/C13H16Cl2N2O3S/c14-9-13(18)16-12-8-10(4-5-11(12)15)21(19,20)17-6-2-1-3-7-17/h4-5,8H,1-3,6-7,9H2,(H,16,18). The summed E-state index contributed by atoms with van der Waals surface area (Å²) in [6.07, 6.45) is 2.77. The largest absolute Gasteiger partial charge is 0.324 e. The van der Waals surface area contributed by atoms with Gasteiger partial charge in [0.1, 0.15) is 5.88 Å². The van der Waals surface area contributed by atoms with Gasteiger partial charge in [-0.15, -0.1) is 11.6 Å². The van der Waals surface area contributed by atoms with Crippen molar-refractivity contribution in [1.29, 1.82) is 0 Å². The van der Waals surface area contributed by atoms with Gasteiger partial charge < -0.3 is 5.32 Å². The van der Waals surface area contributed by atoms with Crippen molar-refractivity contribution < 1.29 is 13.2 Å². The zero-order valence-corrected chi connectivity index (χ0v) is 13.6. The van der Waals surface area contributed by atoms with Crippen molar-refractivity contribution in [1.82, 2.24) is 4.31 Å². The first kappa shape index (κ1) is 16.5. The molecule has 1 saturated heterocycles. The Hall–Kier alpha value is -0.820. The first-order chi connectivity index (χ1) is 9.95. The van der Waals surface area contributed by atoms with E-state index in [2.05, 4.69) is 5.32 Å². The fourth-order valence-corrected chi connectivity index (χ4v) is 3.97. The average molecular weight is 351 g/mol. The maximum absolute atomic E-state index is 12.6. The third-order valence-corrected chi connectivity index (χ3v) is 5.75. The van der Waals surface area contributed by atoms with Crippen LogP contribution in [0.4, 0.5) is 5.69 Å². The molecule has 1 aromatic carbocycles. The molecule has 0 bridgehead atoms. The van der Waals surface area contributed by atoms with E-state index in [1.54, 1.807) is 0 Å². The van der Waals surface area contributed by atoms with Crippen LogP contribution in [0.3, 0.4) is 0 Å². The fraction of sp³-hybridized carbons (Fsp3) is 0.462. The number of alkyl halides is 1. The predicted molar refractivity (Wildman–Crippen MR) is 83.4 cm³/mol. The number of halogens is 2. The van der Waals surface area contributed by atoms with Crippen LogP contribution in [0.15, 0.2) is 23.1 Å². The second-order valence-electron chi connectivity index (χ2n) is 4.79. The van der Waals surface area contributed by atoms with E-state index in [4.69, 9.17) is 23.2 Å². The lowest BCUT2D eigenvalue weighted by atomic mass is 10.2. The van der Waals surface area contributed by atoms with Crippen molar-refractivity contribution in [3.05, 3.63) is 23.2 Å². The van der Waals surface area contributed by atoms with Crippen LogP contribution < -0.4 is 5.32 Å². The number of carbonyl (C=O) groups excluding carboxylic acids is 1. The number of carbonyl (C=O) groups is 1. The van der Waals surface area contributed by atoms with E-state index >= 15 is 0 Å². The summed E-state index contributed by atoms with van der Waals surface area (Å²) in [6, 6.07) is 4.28. The van der Waals surface area contributed by atoms with E-state index in [-0.39, 0.29) is 21.5 Å². The van der Waals surface area contributed by atoms with Crippen molar-refractivity contribution in [2.45, 2.75) is 24.2 Å². The van der Waals surface area contributed by atoms with E-state index in [0.717, 1.165) is 19.3 Å². The maximum Gasteiger partial charge on any atom is 0.243 e. The highest BCUT2D eigenvalue weighted by atomic mass is 35.5. The molecule has 0 spiro atoms. The molecular weight excluding hydrogens is 335 g/mol. The number of benzene rings is 1. The lowest BCUT2D eigenvalue weighted by Crippen LogP contribution is -2.35. The molecular formula is C13H16Cl2N2O3S. The van der Waals surface area contributed by atoms with Gasteiger partial charge in [0.25, 0.3) is 0 Å². The SMILES string of the molecule is O=C(CCl)Nc1cc(S(=O)(=O)N2CCCCC2)ccc1Cl. The van der Waals surface area contributed by atoms with Gasteiger partial charge in [-0.1, -0.05) is 18.0 Å². The van der Waals surface area contributed by atoms with Gasteiger partial charge >= 0.3 is 0 Å². The van der Waals surface area contributed by atoms with Gasteiger partial charge in [0.15, 0.2) is 0 Å². The molecule has 0 saturated carbocycles. The summed E-state index contributed by atoms with van der Waals surface area (Å²) >= 11 is 11.4. The van der Waals surface area contributed by atoms with Crippen molar-refractivity contribution >= 4 is 44.8 Å². The van der Waals surface area contributed by atoms with Gasteiger partial charge in [0.05, 0.1) is 15.6 Å². The van der Waals surface area contributed by atoms with Gasteiger partial charge in [-0.3, -0.25) is 4.79 Å². The highest BCUT2D eigenvalue weighted by molar-refractivity contribution is 7.89. The summed E-state index contributed by atoms with van der Waals surface area (Å²) < 4.78 is 26.6. The summed E-state index contributed by atoms with van der Waals surface area (Å²) in [5.41, 5.74) is 0.250. The molecule has 1 aromatic rings. The van der Waals surface area contributed by atoms with Crippen LogP contribution in [-0.4, -0.2) is 37.6 Å². The Morgan fingerprint density at radius 2 is 1.90 bits per heavy atom. The van der Waals surface area contributed by atoms with Crippen molar-refractivity contribution in [2.24, 2.45) is 0 Å². The minimum Gasteiger partial charge on any atom is -0.324 e. The molecule has 1 aliphatic rings. The molecule has 1 heterocycles. The normalized spacial score (nSPS) is 16.7. The van der Waals surface area contributed by atoms with Gasteiger partial charge in [-0.2, -0.15) is 4.31 Å². The zero-order chi connectivity index (χ0) is 15.5. The Balaban J connectivity index is 2.30. The molecule has 1 fully saturated rings. The van der Waals surface area contributed by atoms with Crippen LogP contribution in [0.25, 0.3) is 0 Å². The van der Waals surface area contributed by atoms with Crippen LogP contribution in [0.2, 0.25) is 5.02 Å². The molecule has 1 N–H and O–H groups in total. The molecule has 8 heteroatoms. The van der Waals surface area contributed by atoms with E-state index < -0.39 is 15.9 Å². The average Bonchev–Trinajstić information content (AvgIpc) is 2.50. The highest BCUT2D eigenvalue weighted by Crippen LogP contribution is 2.28. The van der Waals surface area contributed by atoms with Crippen LogP contribution >= 0.6 is 23.2 Å². The van der Waals surface area contributed by atoms with Gasteiger partial charge in [-0.25, -0.2) is 8.42 Å². The maximum atomic E-state index is 12.6. The second-order valence-corrected chi connectivity index (χ2v) is 7.40. The Morgan fingerprint density at radius 1 is 1.24 bits per heavy atom. The molecule has 0 aromatic heterocycles. The van der Waals surface area contributed by atoms with E-state index in [0.29, 0.717) is 13.1 Å². The van der Waals surface area contributed by atoms with Crippen LogP contribution in [0.5, 0.6) is 0 Å². The molecule has 0 atom stereocenters. The van der Waals surface area contributed by atoms with Gasteiger partial charge in [-0.05, 0) is 31.0 Å². The first-order valence-electron chi connectivity index (χ1n) is 6.60. The molecule has 21 heavy (non-hydrogen) atoms. The van der Waals surface area contributed by atoms with Crippen molar-refractivity contribution in [2.75, 3.05) is 24.3 Å².